The number of carbonyl (C=O) groups excluding carboxylic acids is 1. The van der Waals surface area contributed by atoms with Gasteiger partial charge in [-0.1, -0.05) is 30.3 Å². The van der Waals surface area contributed by atoms with E-state index in [2.05, 4.69) is 0 Å². The van der Waals surface area contributed by atoms with Crippen LogP contribution in [0.2, 0.25) is 0 Å². The number of aliphatic hydroxyl groups is 4. The minimum Gasteiger partial charge on any atom is -0.508 e. The fraction of sp³-hybridized carbons (Fsp3) is 0.381. The number of aromatic hydroxyl groups is 2. The Balaban J connectivity index is 1.83. The number of ether oxygens (including phenoxy) is 2. The highest BCUT2D eigenvalue weighted by Gasteiger charge is 2.45. The van der Waals surface area contributed by atoms with Crippen molar-refractivity contribution in [1.82, 2.24) is 0 Å². The summed E-state index contributed by atoms with van der Waals surface area (Å²) < 4.78 is 10.8. The molecule has 1 saturated heterocycles. The van der Waals surface area contributed by atoms with Gasteiger partial charge in [0.15, 0.2) is 5.78 Å². The van der Waals surface area contributed by atoms with E-state index in [0.29, 0.717) is 6.42 Å². The van der Waals surface area contributed by atoms with Crippen LogP contribution in [0.25, 0.3) is 0 Å². The van der Waals surface area contributed by atoms with E-state index in [4.69, 9.17) is 9.47 Å². The summed E-state index contributed by atoms with van der Waals surface area (Å²) in [5.74, 6) is -1.66. The fourth-order valence-corrected chi connectivity index (χ4v) is 3.28. The molecule has 1 heterocycles. The number of phenolic OH excluding ortho intramolecular Hbond substituents is 2. The summed E-state index contributed by atoms with van der Waals surface area (Å²) in [4.78, 5) is 12.8. The van der Waals surface area contributed by atoms with Crippen LogP contribution in [0.15, 0.2) is 42.5 Å². The smallest absolute Gasteiger partial charge is 0.229 e. The number of aryl methyl sites for hydroxylation is 1. The molecule has 9 nitrogen and oxygen atoms in total. The van der Waals surface area contributed by atoms with Crippen LogP contribution in [-0.4, -0.2) is 73.7 Å². The number of aliphatic hydroxyl groups excluding tert-OH is 4. The lowest BCUT2D eigenvalue weighted by atomic mass is 9.99. The third-order valence-corrected chi connectivity index (χ3v) is 4.92. The van der Waals surface area contributed by atoms with Gasteiger partial charge >= 0.3 is 0 Å². The van der Waals surface area contributed by atoms with Crippen molar-refractivity contribution >= 4 is 5.78 Å². The molecular formula is C21H24O9. The molecule has 0 bridgehead atoms. The summed E-state index contributed by atoms with van der Waals surface area (Å²) in [5.41, 5.74) is 0.696. The average molecular weight is 420 g/mol. The zero-order chi connectivity index (χ0) is 21.8. The first-order chi connectivity index (χ1) is 14.3. The topological polar surface area (TPSA) is 157 Å². The third-order valence-electron chi connectivity index (χ3n) is 4.92. The monoisotopic (exact) mass is 420 g/mol. The van der Waals surface area contributed by atoms with Gasteiger partial charge in [-0.05, 0) is 12.0 Å². The molecular weight excluding hydrogens is 396 g/mol. The third kappa shape index (κ3) is 4.72. The zero-order valence-corrected chi connectivity index (χ0v) is 16.0. The maximum Gasteiger partial charge on any atom is 0.229 e. The first-order valence-electron chi connectivity index (χ1n) is 9.42. The van der Waals surface area contributed by atoms with E-state index in [-0.39, 0.29) is 17.7 Å². The van der Waals surface area contributed by atoms with E-state index < -0.39 is 54.6 Å². The Bertz CT molecular complexity index is 868. The van der Waals surface area contributed by atoms with E-state index in [0.717, 1.165) is 17.7 Å². The molecule has 0 radical (unpaired) electrons. The van der Waals surface area contributed by atoms with Crippen molar-refractivity contribution in [1.29, 1.82) is 0 Å². The Hall–Kier alpha value is -2.69. The van der Waals surface area contributed by atoms with E-state index in [1.54, 1.807) is 0 Å². The maximum atomic E-state index is 12.8. The molecule has 0 amide bonds. The molecule has 0 unspecified atom stereocenters. The summed E-state index contributed by atoms with van der Waals surface area (Å²) in [6.45, 7) is -0.654. The average Bonchev–Trinajstić information content (AvgIpc) is 2.72. The lowest BCUT2D eigenvalue weighted by Crippen LogP contribution is -2.60. The van der Waals surface area contributed by atoms with Crippen LogP contribution in [0.1, 0.15) is 22.3 Å². The van der Waals surface area contributed by atoms with Crippen molar-refractivity contribution in [3.8, 4) is 17.2 Å². The minimum absolute atomic E-state index is 0.0351. The number of carbonyl (C=O) groups is 1. The molecule has 6 N–H and O–H groups in total. The SMILES string of the molecule is O=C(CCc1ccccc1)c1c(O)cc(O)cc1O[C@@H]1O[C@H](CO)[C@@H](O)[C@@H](O)[C@H]1O. The van der Waals surface area contributed by atoms with Gasteiger partial charge in [0.25, 0.3) is 0 Å². The molecule has 1 aliphatic heterocycles. The van der Waals surface area contributed by atoms with Crippen molar-refractivity contribution in [2.24, 2.45) is 0 Å². The summed E-state index contributed by atoms with van der Waals surface area (Å²) in [7, 11) is 0. The van der Waals surface area contributed by atoms with Gasteiger partial charge in [0, 0.05) is 18.6 Å². The second kappa shape index (κ2) is 9.41. The van der Waals surface area contributed by atoms with E-state index >= 15 is 0 Å². The molecule has 0 aromatic heterocycles. The van der Waals surface area contributed by atoms with Gasteiger partial charge in [-0.3, -0.25) is 4.79 Å². The second-order valence-electron chi connectivity index (χ2n) is 7.06. The van der Waals surface area contributed by atoms with Gasteiger partial charge in [-0.25, -0.2) is 0 Å². The Labute approximate surface area is 172 Å². The number of rotatable bonds is 7. The molecule has 3 rings (SSSR count). The first-order valence-corrected chi connectivity index (χ1v) is 9.42. The highest BCUT2D eigenvalue weighted by molar-refractivity contribution is 6.01. The molecule has 30 heavy (non-hydrogen) atoms. The first kappa shape index (κ1) is 22.0. The standard InChI is InChI=1S/C21H24O9/c22-10-16-18(26)19(27)20(28)21(30-16)29-15-9-12(23)8-14(25)17(15)13(24)7-6-11-4-2-1-3-5-11/h1-5,8-9,16,18-23,25-28H,6-7,10H2/t16-,18-,19-,20-,21-/m1/s1. The highest BCUT2D eigenvalue weighted by atomic mass is 16.7. The predicted octanol–water partition coefficient (Wildman–Crippen LogP) is 0.0920. The maximum absolute atomic E-state index is 12.8. The van der Waals surface area contributed by atoms with Gasteiger partial charge in [-0.15, -0.1) is 0 Å². The summed E-state index contributed by atoms with van der Waals surface area (Å²) in [6, 6.07) is 11.3. The van der Waals surface area contributed by atoms with Crippen LogP contribution in [0.5, 0.6) is 17.2 Å². The lowest BCUT2D eigenvalue weighted by Gasteiger charge is -2.39. The fourth-order valence-electron chi connectivity index (χ4n) is 3.28. The number of hydrogen-bond acceptors (Lipinski definition) is 9. The van der Waals surface area contributed by atoms with Crippen molar-refractivity contribution in [3.05, 3.63) is 53.6 Å². The molecule has 2 aromatic rings. The largest absolute Gasteiger partial charge is 0.508 e. The predicted molar refractivity (Wildman–Crippen MR) is 103 cm³/mol. The van der Waals surface area contributed by atoms with Crippen molar-refractivity contribution < 1.29 is 44.9 Å². The molecule has 1 fully saturated rings. The quantitative estimate of drug-likeness (QED) is 0.342. The number of benzene rings is 2. The molecule has 162 valence electrons. The Morgan fingerprint density at radius 1 is 1.00 bits per heavy atom. The molecule has 0 aliphatic carbocycles. The van der Waals surface area contributed by atoms with Crippen LogP contribution in [0.3, 0.4) is 0 Å². The van der Waals surface area contributed by atoms with Crippen LogP contribution in [0.4, 0.5) is 0 Å². The lowest BCUT2D eigenvalue weighted by molar-refractivity contribution is -0.277. The van der Waals surface area contributed by atoms with Gasteiger partial charge in [-0.2, -0.15) is 0 Å². The number of ketones is 1. The molecule has 0 saturated carbocycles. The zero-order valence-electron chi connectivity index (χ0n) is 16.0. The normalized spacial score (nSPS) is 26.3. The van der Waals surface area contributed by atoms with E-state index in [9.17, 15) is 35.4 Å². The second-order valence-corrected chi connectivity index (χ2v) is 7.06. The number of hydrogen-bond donors (Lipinski definition) is 6. The number of Topliss-reactive ketones (excluding diaryl/α,β-unsaturated/α-hetero) is 1. The minimum atomic E-state index is -1.71. The summed E-state index contributed by atoms with van der Waals surface area (Å²) in [5, 5.41) is 59.3. The van der Waals surface area contributed by atoms with Gasteiger partial charge in [0.2, 0.25) is 6.29 Å². The molecule has 1 aliphatic rings. The molecule has 2 aromatic carbocycles. The van der Waals surface area contributed by atoms with Crippen LogP contribution in [-0.2, 0) is 11.2 Å². The molecule has 0 spiro atoms. The summed E-state index contributed by atoms with van der Waals surface area (Å²) in [6.07, 6.45) is -7.30. The van der Waals surface area contributed by atoms with Crippen LogP contribution >= 0.6 is 0 Å². The van der Waals surface area contributed by atoms with Crippen LogP contribution in [0, 0.1) is 0 Å². The van der Waals surface area contributed by atoms with Gasteiger partial charge in [0.05, 0.1) is 6.61 Å². The Morgan fingerprint density at radius 3 is 2.37 bits per heavy atom. The summed E-state index contributed by atoms with van der Waals surface area (Å²) >= 11 is 0. The van der Waals surface area contributed by atoms with Crippen molar-refractivity contribution in [2.75, 3.05) is 6.61 Å². The van der Waals surface area contributed by atoms with E-state index in [1.807, 2.05) is 30.3 Å². The number of phenols is 2. The van der Waals surface area contributed by atoms with E-state index in [1.165, 1.54) is 0 Å². The van der Waals surface area contributed by atoms with Gasteiger partial charge < -0.3 is 40.1 Å². The highest BCUT2D eigenvalue weighted by Crippen LogP contribution is 2.36. The Morgan fingerprint density at radius 2 is 1.70 bits per heavy atom. The van der Waals surface area contributed by atoms with Crippen molar-refractivity contribution in [3.63, 3.8) is 0 Å². The van der Waals surface area contributed by atoms with Crippen LogP contribution < -0.4 is 4.74 Å². The molecule has 9 heteroatoms. The molecule has 5 atom stereocenters. The van der Waals surface area contributed by atoms with Gasteiger partial charge in [0.1, 0.15) is 47.2 Å². The van der Waals surface area contributed by atoms with Crippen molar-refractivity contribution in [2.45, 2.75) is 43.5 Å². The Kier molecular flexibility index (Phi) is 6.91.